The normalized spacial score (nSPS) is 10.3. The van der Waals surface area contributed by atoms with E-state index in [0.717, 1.165) is 5.56 Å². The van der Waals surface area contributed by atoms with E-state index in [4.69, 9.17) is 16.3 Å². The number of hydrogen-bond acceptors (Lipinski definition) is 5. The lowest BCUT2D eigenvalue weighted by Crippen LogP contribution is -2.16. The predicted octanol–water partition coefficient (Wildman–Crippen LogP) is 4.31. The summed E-state index contributed by atoms with van der Waals surface area (Å²) in [6.45, 7) is 2.37. The van der Waals surface area contributed by atoms with E-state index in [9.17, 15) is 4.79 Å². The van der Waals surface area contributed by atoms with Gasteiger partial charge in [-0.05, 0) is 36.8 Å². The van der Waals surface area contributed by atoms with Crippen LogP contribution >= 0.6 is 11.6 Å². The second-order valence-corrected chi connectivity index (χ2v) is 6.29. The van der Waals surface area contributed by atoms with Gasteiger partial charge in [-0.2, -0.15) is 0 Å². The second-order valence-electron chi connectivity index (χ2n) is 5.86. The SMILES string of the molecule is COc1ccc(Cl)cc1NC(=O)c1cc(C)nc(NCc2ccccc2)n1. The third kappa shape index (κ3) is 4.95. The number of carbonyl (C=O) groups excluding carboxylic acids is 1. The van der Waals surface area contributed by atoms with E-state index >= 15 is 0 Å². The summed E-state index contributed by atoms with van der Waals surface area (Å²) in [4.78, 5) is 21.3. The second kappa shape index (κ2) is 8.51. The highest BCUT2D eigenvalue weighted by Gasteiger charge is 2.14. The zero-order valence-electron chi connectivity index (χ0n) is 15.0. The van der Waals surface area contributed by atoms with Crippen LogP contribution in [0.15, 0.2) is 54.6 Å². The molecule has 0 radical (unpaired) electrons. The molecule has 1 amide bonds. The van der Waals surface area contributed by atoms with E-state index in [1.165, 1.54) is 7.11 Å². The molecule has 0 saturated heterocycles. The van der Waals surface area contributed by atoms with Gasteiger partial charge in [-0.3, -0.25) is 4.79 Å². The van der Waals surface area contributed by atoms with Gasteiger partial charge in [-0.25, -0.2) is 9.97 Å². The number of hydrogen-bond donors (Lipinski definition) is 2. The molecule has 0 saturated carbocycles. The van der Waals surface area contributed by atoms with Crippen LogP contribution in [0.5, 0.6) is 5.75 Å². The molecule has 138 valence electrons. The van der Waals surface area contributed by atoms with Gasteiger partial charge in [0.1, 0.15) is 11.4 Å². The van der Waals surface area contributed by atoms with Crippen LogP contribution in [0.4, 0.5) is 11.6 Å². The van der Waals surface area contributed by atoms with Gasteiger partial charge >= 0.3 is 0 Å². The molecule has 3 rings (SSSR count). The minimum Gasteiger partial charge on any atom is -0.495 e. The molecule has 0 atom stereocenters. The van der Waals surface area contributed by atoms with Gasteiger partial charge in [0.05, 0.1) is 12.8 Å². The maximum atomic E-state index is 12.6. The first-order valence-corrected chi connectivity index (χ1v) is 8.71. The highest BCUT2D eigenvalue weighted by Crippen LogP contribution is 2.28. The van der Waals surface area contributed by atoms with Gasteiger partial charge < -0.3 is 15.4 Å². The molecule has 0 spiro atoms. The van der Waals surface area contributed by atoms with Crippen molar-refractivity contribution < 1.29 is 9.53 Å². The van der Waals surface area contributed by atoms with Gasteiger partial charge in [0.15, 0.2) is 0 Å². The molecule has 0 bridgehead atoms. The average Bonchev–Trinajstić information content (AvgIpc) is 2.67. The Morgan fingerprint density at radius 3 is 2.63 bits per heavy atom. The largest absolute Gasteiger partial charge is 0.495 e. The van der Waals surface area contributed by atoms with Crippen LogP contribution in [-0.4, -0.2) is 23.0 Å². The Balaban J connectivity index is 1.77. The first-order chi connectivity index (χ1) is 13.0. The number of amides is 1. The minimum absolute atomic E-state index is 0.250. The van der Waals surface area contributed by atoms with E-state index in [1.807, 2.05) is 37.3 Å². The molecule has 0 unspecified atom stereocenters. The predicted molar refractivity (Wildman–Crippen MR) is 106 cm³/mol. The van der Waals surface area contributed by atoms with Crippen molar-refractivity contribution in [1.29, 1.82) is 0 Å². The highest BCUT2D eigenvalue weighted by molar-refractivity contribution is 6.31. The fourth-order valence-electron chi connectivity index (χ4n) is 2.51. The molecule has 2 aromatic carbocycles. The van der Waals surface area contributed by atoms with Crippen LogP contribution in [0, 0.1) is 6.92 Å². The summed E-state index contributed by atoms with van der Waals surface area (Å²) >= 11 is 6.01. The Kier molecular flexibility index (Phi) is 5.88. The number of halogens is 1. The van der Waals surface area contributed by atoms with Crippen molar-refractivity contribution >= 4 is 29.1 Å². The van der Waals surface area contributed by atoms with Crippen molar-refractivity contribution in [3.63, 3.8) is 0 Å². The van der Waals surface area contributed by atoms with Crippen LogP contribution in [0.2, 0.25) is 5.02 Å². The fourth-order valence-corrected chi connectivity index (χ4v) is 2.68. The van der Waals surface area contributed by atoms with Crippen molar-refractivity contribution in [3.05, 3.63) is 76.6 Å². The van der Waals surface area contributed by atoms with Gasteiger partial charge in [-0.15, -0.1) is 0 Å². The number of rotatable bonds is 6. The zero-order valence-corrected chi connectivity index (χ0v) is 15.7. The van der Waals surface area contributed by atoms with E-state index in [1.54, 1.807) is 24.3 Å². The molecule has 27 heavy (non-hydrogen) atoms. The van der Waals surface area contributed by atoms with Crippen molar-refractivity contribution in [2.45, 2.75) is 13.5 Å². The zero-order chi connectivity index (χ0) is 19.2. The Morgan fingerprint density at radius 1 is 1.11 bits per heavy atom. The van der Waals surface area contributed by atoms with E-state index in [-0.39, 0.29) is 11.6 Å². The molecule has 1 aromatic heterocycles. The first kappa shape index (κ1) is 18.7. The molecule has 3 aromatic rings. The van der Waals surface area contributed by atoms with Crippen molar-refractivity contribution in [2.75, 3.05) is 17.7 Å². The number of nitrogens with zero attached hydrogens (tertiary/aromatic N) is 2. The minimum atomic E-state index is -0.371. The topological polar surface area (TPSA) is 76.1 Å². The van der Waals surface area contributed by atoms with Crippen molar-refractivity contribution in [2.24, 2.45) is 0 Å². The molecule has 7 heteroatoms. The lowest BCUT2D eigenvalue weighted by Gasteiger charge is -2.11. The van der Waals surface area contributed by atoms with Crippen LogP contribution in [0.25, 0.3) is 0 Å². The fraction of sp³-hybridized carbons (Fsp3) is 0.150. The van der Waals surface area contributed by atoms with Gasteiger partial charge in [0.2, 0.25) is 5.95 Å². The quantitative estimate of drug-likeness (QED) is 0.664. The number of benzene rings is 2. The van der Waals surface area contributed by atoms with Gasteiger partial charge in [0.25, 0.3) is 5.91 Å². The molecule has 0 fully saturated rings. The van der Waals surface area contributed by atoms with Crippen LogP contribution in [0.1, 0.15) is 21.7 Å². The van der Waals surface area contributed by atoms with E-state index in [2.05, 4.69) is 20.6 Å². The standard InChI is InChI=1S/C20H19ClN4O2/c1-13-10-17(19(26)24-16-11-15(21)8-9-18(16)27-2)25-20(23-13)22-12-14-6-4-3-5-7-14/h3-11H,12H2,1-2H3,(H,24,26)(H,22,23,25). The smallest absolute Gasteiger partial charge is 0.274 e. The summed E-state index contributed by atoms with van der Waals surface area (Å²) < 4.78 is 5.25. The molecule has 2 N–H and O–H groups in total. The molecule has 6 nitrogen and oxygen atoms in total. The van der Waals surface area contributed by atoms with Crippen LogP contribution in [0.3, 0.4) is 0 Å². The number of carbonyl (C=O) groups is 1. The average molecular weight is 383 g/mol. The summed E-state index contributed by atoms with van der Waals surface area (Å²) in [5.74, 6) is 0.534. The molecule has 0 aliphatic heterocycles. The summed E-state index contributed by atoms with van der Waals surface area (Å²) in [5.41, 5.74) is 2.51. The third-order valence-corrected chi connectivity index (χ3v) is 4.03. The van der Waals surface area contributed by atoms with Crippen molar-refractivity contribution in [1.82, 2.24) is 9.97 Å². The van der Waals surface area contributed by atoms with Crippen LogP contribution in [-0.2, 0) is 6.54 Å². The lowest BCUT2D eigenvalue weighted by atomic mass is 10.2. The number of aromatic nitrogens is 2. The monoisotopic (exact) mass is 382 g/mol. The number of anilines is 2. The van der Waals surface area contributed by atoms with Crippen molar-refractivity contribution in [3.8, 4) is 5.75 Å². The molecular weight excluding hydrogens is 364 g/mol. The Labute approximate surface area is 162 Å². The number of ether oxygens (including phenoxy) is 1. The molecule has 0 aliphatic rings. The van der Waals surface area contributed by atoms with Gasteiger partial charge in [-0.1, -0.05) is 41.9 Å². The number of methoxy groups -OCH3 is 1. The van der Waals surface area contributed by atoms with Crippen LogP contribution < -0.4 is 15.4 Å². The molecule has 0 aliphatic carbocycles. The summed E-state index contributed by atoms with van der Waals surface area (Å²) in [7, 11) is 1.53. The highest BCUT2D eigenvalue weighted by atomic mass is 35.5. The van der Waals surface area contributed by atoms with E-state index in [0.29, 0.717) is 34.6 Å². The number of aryl methyl sites for hydroxylation is 1. The maximum absolute atomic E-state index is 12.6. The number of nitrogens with one attached hydrogen (secondary N) is 2. The molecular formula is C20H19ClN4O2. The molecule has 1 heterocycles. The van der Waals surface area contributed by atoms with Gasteiger partial charge in [0, 0.05) is 17.3 Å². The van der Waals surface area contributed by atoms with E-state index < -0.39 is 0 Å². The Hall–Kier alpha value is -3.12. The summed E-state index contributed by atoms with van der Waals surface area (Å²) in [6, 6.07) is 16.5. The first-order valence-electron chi connectivity index (χ1n) is 8.33. The Morgan fingerprint density at radius 2 is 1.89 bits per heavy atom. The lowest BCUT2D eigenvalue weighted by molar-refractivity contribution is 0.102. The maximum Gasteiger partial charge on any atom is 0.274 e. The summed E-state index contributed by atoms with van der Waals surface area (Å²) in [6.07, 6.45) is 0. The summed E-state index contributed by atoms with van der Waals surface area (Å²) in [5, 5.41) is 6.42. The Bertz CT molecular complexity index is 948. The third-order valence-electron chi connectivity index (χ3n) is 3.79.